The van der Waals surface area contributed by atoms with Gasteiger partial charge in [-0.15, -0.1) is 0 Å². The number of anilines is 1. The molecule has 1 aliphatic rings. The number of amides is 1. The zero-order valence-corrected chi connectivity index (χ0v) is 15.8. The lowest BCUT2D eigenvalue weighted by molar-refractivity contribution is -0.490. The second kappa shape index (κ2) is 8.94. The summed E-state index contributed by atoms with van der Waals surface area (Å²) in [5.41, 5.74) is 0.459. The molecule has 0 radical (unpaired) electrons. The molecule has 0 unspecified atom stereocenters. The zero-order valence-electron chi connectivity index (χ0n) is 15.0. The minimum Gasteiger partial charge on any atom is -0.453 e. The summed E-state index contributed by atoms with van der Waals surface area (Å²) in [5.74, 6) is -2.87. The maximum atomic E-state index is 12.2. The molecule has 0 saturated heterocycles. The van der Waals surface area contributed by atoms with E-state index in [9.17, 15) is 24.5 Å². The van der Waals surface area contributed by atoms with Crippen LogP contribution in [0.4, 0.5) is 5.69 Å². The fourth-order valence-corrected chi connectivity index (χ4v) is 3.48. The number of ether oxygens (including phenoxy) is 1. The maximum Gasteiger partial charge on any atom is 0.307 e. The van der Waals surface area contributed by atoms with E-state index in [1.807, 2.05) is 0 Å². The van der Waals surface area contributed by atoms with Crippen molar-refractivity contribution in [3.05, 3.63) is 39.4 Å². The molecule has 0 heterocycles. The summed E-state index contributed by atoms with van der Waals surface area (Å²) in [5, 5.41) is 13.8. The minimum absolute atomic E-state index is 0.163. The van der Waals surface area contributed by atoms with Crippen LogP contribution in [0, 0.1) is 27.9 Å². The molecule has 1 aromatic carbocycles. The van der Waals surface area contributed by atoms with Crippen LogP contribution >= 0.6 is 11.6 Å². The van der Waals surface area contributed by atoms with Crippen LogP contribution in [0.25, 0.3) is 0 Å². The van der Waals surface area contributed by atoms with Gasteiger partial charge in [-0.2, -0.15) is 0 Å². The number of carbonyl (C=O) groups excluding carboxylic acids is 3. The number of ketones is 1. The van der Waals surface area contributed by atoms with Gasteiger partial charge < -0.3 is 10.1 Å². The van der Waals surface area contributed by atoms with Gasteiger partial charge in [-0.3, -0.25) is 24.5 Å². The lowest BCUT2D eigenvalue weighted by Crippen LogP contribution is -2.32. The van der Waals surface area contributed by atoms with Gasteiger partial charge in [0, 0.05) is 33.9 Å². The molecule has 0 aromatic heterocycles. The molecule has 0 spiro atoms. The standard InChI is InChI=1S/C18H21ClN2O6/c1-10-6-16(22)14(15(10)9-21(25)26)8-17(23)27-11(2)18(24)20-13-5-3-4-12(19)7-13/h3-5,7,10-11,14-15H,6,8-9H2,1-2H3,(H,20,24)/t10-,11-,14+,15+/m0/s1. The topological polar surface area (TPSA) is 116 Å². The number of halogens is 1. The van der Waals surface area contributed by atoms with Gasteiger partial charge in [-0.1, -0.05) is 24.6 Å². The predicted molar refractivity (Wildman–Crippen MR) is 97.9 cm³/mol. The average molecular weight is 397 g/mol. The molecule has 1 saturated carbocycles. The lowest BCUT2D eigenvalue weighted by Gasteiger charge is -2.18. The Balaban J connectivity index is 1.92. The van der Waals surface area contributed by atoms with E-state index in [1.54, 1.807) is 31.2 Å². The van der Waals surface area contributed by atoms with Gasteiger partial charge in [0.15, 0.2) is 6.10 Å². The maximum absolute atomic E-state index is 12.2. The van der Waals surface area contributed by atoms with E-state index in [1.165, 1.54) is 6.92 Å². The number of Topliss-reactive ketones (excluding diaryl/α,β-unsaturated/α-hetero) is 1. The first-order chi connectivity index (χ1) is 12.7. The Morgan fingerprint density at radius 2 is 2.15 bits per heavy atom. The Morgan fingerprint density at radius 3 is 2.78 bits per heavy atom. The molecule has 1 aromatic rings. The number of esters is 1. The van der Waals surface area contributed by atoms with Crippen molar-refractivity contribution in [1.82, 2.24) is 0 Å². The number of nitrogens with one attached hydrogen (secondary N) is 1. The summed E-state index contributed by atoms with van der Waals surface area (Å²) in [6, 6.07) is 6.51. The van der Waals surface area contributed by atoms with Crippen LogP contribution in [-0.4, -0.2) is 35.2 Å². The SMILES string of the molecule is C[C@H](OC(=O)C[C@H]1C(=O)C[C@H](C)[C@H]1C[N+](=O)[O-])C(=O)Nc1cccc(Cl)c1. The Morgan fingerprint density at radius 1 is 1.44 bits per heavy atom. The molecule has 27 heavy (non-hydrogen) atoms. The monoisotopic (exact) mass is 396 g/mol. The zero-order chi connectivity index (χ0) is 20.1. The molecule has 1 N–H and O–H groups in total. The van der Waals surface area contributed by atoms with Gasteiger partial charge in [0.25, 0.3) is 5.91 Å². The molecule has 9 heteroatoms. The molecule has 1 aliphatic carbocycles. The summed E-state index contributed by atoms with van der Waals surface area (Å²) >= 11 is 5.85. The highest BCUT2D eigenvalue weighted by atomic mass is 35.5. The second-order valence-electron chi connectivity index (χ2n) is 6.77. The summed E-state index contributed by atoms with van der Waals surface area (Å²) in [6.07, 6.45) is -1.14. The van der Waals surface area contributed by atoms with Crippen LogP contribution < -0.4 is 5.32 Å². The first-order valence-corrected chi connectivity index (χ1v) is 8.95. The molecule has 2 rings (SSSR count). The number of hydrogen-bond donors (Lipinski definition) is 1. The molecule has 0 aliphatic heterocycles. The van der Waals surface area contributed by atoms with Crippen LogP contribution in [0.15, 0.2) is 24.3 Å². The summed E-state index contributed by atoms with van der Waals surface area (Å²) in [7, 11) is 0. The highest BCUT2D eigenvalue weighted by molar-refractivity contribution is 6.30. The number of carbonyl (C=O) groups is 3. The van der Waals surface area contributed by atoms with Crippen molar-refractivity contribution in [2.24, 2.45) is 17.8 Å². The van der Waals surface area contributed by atoms with E-state index in [-0.39, 0.29) is 31.1 Å². The van der Waals surface area contributed by atoms with Crippen LogP contribution in [0.1, 0.15) is 26.7 Å². The smallest absolute Gasteiger partial charge is 0.307 e. The van der Waals surface area contributed by atoms with Gasteiger partial charge in [0.1, 0.15) is 5.78 Å². The van der Waals surface area contributed by atoms with E-state index in [4.69, 9.17) is 16.3 Å². The first kappa shape index (κ1) is 20.8. The minimum atomic E-state index is -1.08. The Bertz CT molecular complexity index is 753. The van der Waals surface area contributed by atoms with Crippen molar-refractivity contribution in [3.8, 4) is 0 Å². The Kier molecular flexibility index (Phi) is 6.90. The fraction of sp³-hybridized carbons (Fsp3) is 0.500. The van der Waals surface area contributed by atoms with E-state index in [2.05, 4.69) is 5.32 Å². The number of benzene rings is 1. The molecule has 146 valence electrons. The van der Waals surface area contributed by atoms with E-state index >= 15 is 0 Å². The lowest BCUT2D eigenvalue weighted by atomic mass is 9.88. The number of hydrogen-bond acceptors (Lipinski definition) is 6. The molecule has 8 nitrogen and oxygen atoms in total. The van der Waals surface area contributed by atoms with Crippen molar-refractivity contribution in [3.63, 3.8) is 0 Å². The number of rotatable bonds is 7. The van der Waals surface area contributed by atoms with E-state index < -0.39 is 34.7 Å². The molecular formula is C18H21ClN2O6. The molecule has 0 bridgehead atoms. The van der Waals surface area contributed by atoms with E-state index in [0.717, 1.165) is 0 Å². The molecule has 4 atom stereocenters. The largest absolute Gasteiger partial charge is 0.453 e. The van der Waals surface area contributed by atoms with Crippen molar-refractivity contribution >= 4 is 34.9 Å². The quantitative estimate of drug-likeness (QED) is 0.430. The average Bonchev–Trinajstić information content (AvgIpc) is 2.81. The third-order valence-corrected chi connectivity index (χ3v) is 4.94. The normalized spacial score (nSPS) is 22.9. The number of nitro groups is 1. The van der Waals surface area contributed by atoms with Crippen LogP contribution in [-0.2, 0) is 19.1 Å². The van der Waals surface area contributed by atoms with Gasteiger partial charge in [-0.25, -0.2) is 0 Å². The highest BCUT2D eigenvalue weighted by Gasteiger charge is 2.44. The molecule has 1 amide bonds. The number of nitrogens with zero attached hydrogens (tertiary/aromatic N) is 1. The first-order valence-electron chi connectivity index (χ1n) is 8.57. The van der Waals surface area contributed by atoms with E-state index in [0.29, 0.717) is 10.7 Å². The van der Waals surface area contributed by atoms with Gasteiger partial charge >= 0.3 is 5.97 Å². The second-order valence-corrected chi connectivity index (χ2v) is 7.21. The molecular weight excluding hydrogens is 376 g/mol. The predicted octanol–water partition coefficient (Wildman–Crippen LogP) is 2.72. The van der Waals surface area contributed by atoms with Gasteiger partial charge in [0.2, 0.25) is 6.54 Å². The fourth-order valence-electron chi connectivity index (χ4n) is 3.29. The van der Waals surface area contributed by atoms with Crippen molar-refractivity contribution in [2.45, 2.75) is 32.8 Å². The highest BCUT2D eigenvalue weighted by Crippen LogP contribution is 2.36. The van der Waals surface area contributed by atoms with Crippen molar-refractivity contribution in [1.29, 1.82) is 0 Å². The van der Waals surface area contributed by atoms with Gasteiger partial charge in [0.05, 0.1) is 6.42 Å². The summed E-state index contributed by atoms with van der Waals surface area (Å²) in [4.78, 5) is 46.7. The van der Waals surface area contributed by atoms with Crippen molar-refractivity contribution < 1.29 is 24.0 Å². The van der Waals surface area contributed by atoms with Crippen LogP contribution in [0.5, 0.6) is 0 Å². The Hall–Kier alpha value is -2.48. The summed E-state index contributed by atoms with van der Waals surface area (Å²) in [6.45, 7) is 2.81. The van der Waals surface area contributed by atoms with Crippen molar-refractivity contribution in [2.75, 3.05) is 11.9 Å². The Labute approximate surface area is 161 Å². The third kappa shape index (κ3) is 5.75. The van der Waals surface area contributed by atoms with Crippen LogP contribution in [0.3, 0.4) is 0 Å². The van der Waals surface area contributed by atoms with Crippen LogP contribution in [0.2, 0.25) is 5.02 Å². The van der Waals surface area contributed by atoms with Gasteiger partial charge in [-0.05, 0) is 31.0 Å². The summed E-state index contributed by atoms with van der Waals surface area (Å²) < 4.78 is 5.11. The third-order valence-electron chi connectivity index (χ3n) is 4.70. The molecule has 1 fully saturated rings.